The number of methoxy groups -OCH3 is 1. The Bertz CT molecular complexity index is 717. The van der Waals surface area contributed by atoms with Crippen molar-refractivity contribution in [1.82, 2.24) is 9.88 Å². The van der Waals surface area contributed by atoms with Gasteiger partial charge in [-0.25, -0.2) is 4.98 Å². The van der Waals surface area contributed by atoms with E-state index in [1.807, 2.05) is 24.3 Å². The first-order chi connectivity index (χ1) is 11.1. The number of hydrogen-bond acceptors (Lipinski definition) is 5. The van der Waals surface area contributed by atoms with Gasteiger partial charge in [-0.05, 0) is 17.7 Å². The van der Waals surface area contributed by atoms with Gasteiger partial charge in [0, 0.05) is 25.0 Å². The van der Waals surface area contributed by atoms with Gasteiger partial charge in [0.1, 0.15) is 5.75 Å². The summed E-state index contributed by atoms with van der Waals surface area (Å²) in [6.07, 6.45) is 1.82. The maximum Gasteiger partial charge on any atom is 0.232 e. The predicted molar refractivity (Wildman–Crippen MR) is 87.4 cm³/mol. The Hall–Kier alpha value is -2.41. The molecular weight excluding hydrogens is 314 g/mol. The molecule has 1 saturated heterocycles. The second kappa shape index (κ2) is 6.37. The number of hydrogen-bond donors (Lipinski definition) is 1. The van der Waals surface area contributed by atoms with Crippen molar-refractivity contribution in [2.45, 2.75) is 12.5 Å². The molecule has 3 rings (SSSR count). The fourth-order valence-corrected chi connectivity index (χ4v) is 3.40. The monoisotopic (exact) mass is 331 g/mol. The van der Waals surface area contributed by atoms with Crippen molar-refractivity contribution in [1.29, 1.82) is 0 Å². The Balaban J connectivity index is 1.88. The number of aromatic nitrogens is 1. The molecule has 1 N–H and O–H groups in total. The van der Waals surface area contributed by atoms with Crippen molar-refractivity contribution < 1.29 is 14.3 Å². The van der Waals surface area contributed by atoms with Crippen LogP contribution in [0.1, 0.15) is 18.0 Å². The van der Waals surface area contributed by atoms with Gasteiger partial charge in [-0.15, -0.1) is 11.3 Å². The molecule has 2 heterocycles. The maximum atomic E-state index is 12.6. The van der Waals surface area contributed by atoms with E-state index in [1.54, 1.807) is 30.6 Å². The zero-order valence-electron chi connectivity index (χ0n) is 12.9. The third-order valence-corrected chi connectivity index (χ3v) is 4.71. The van der Waals surface area contributed by atoms with E-state index in [1.165, 1.54) is 11.3 Å². The number of nitrogens with zero attached hydrogens (tertiary/aromatic N) is 2. The van der Waals surface area contributed by atoms with Gasteiger partial charge >= 0.3 is 0 Å². The number of ether oxygens (including phenoxy) is 1. The molecule has 1 aliphatic rings. The highest BCUT2D eigenvalue weighted by atomic mass is 32.1. The molecule has 1 aromatic heterocycles. The SMILES string of the molecule is COc1cccc([C@H]2[C@H](C(=O)Nc3nccs3)CC(=O)N2C)c1. The number of likely N-dealkylation sites (tertiary alicyclic amines) is 1. The second-order valence-electron chi connectivity index (χ2n) is 5.36. The minimum absolute atomic E-state index is 0.0443. The minimum Gasteiger partial charge on any atom is -0.497 e. The number of amides is 2. The molecule has 1 aromatic carbocycles. The molecule has 7 heteroatoms. The molecule has 6 nitrogen and oxygen atoms in total. The zero-order valence-corrected chi connectivity index (χ0v) is 13.7. The molecule has 1 aliphatic heterocycles. The van der Waals surface area contributed by atoms with Crippen molar-refractivity contribution in [3.8, 4) is 5.75 Å². The van der Waals surface area contributed by atoms with Gasteiger partial charge in [-0.3, -0.25) is 9.59 Å². The van der Waals surface area contributed by atoms with Crippen LogP contribution in [-0.4, -0.2) is 35.9 Å². The zero-order chi connectivity index (χ0) is 16.4. The van der Waals surface area contributed by atoms with Crippen molar-refractivity contribution in [3.63, 3.8) is 0 Å². The molecule has 1 fully saturated rings. The number of thiazole rings is 1. The lowest BCUT2D eigenvalue weighted by molar-refractivity contribution is -0.127. The number of carbonyl (C=O) groups is 2. The van der Waals surface area contributed by atoms with E-state index in [0.717, 1.165) is 5.56 Å². The fraction of sp³-hybridized carbons (Fsp3) is 0.312. The average molecular weight is 331 g/mol. The molecule has 120 valence electrons. The summed E-state index contributed by atoms with van der Waals surface area (Å²) in [5.74, 6) is 0.0143. The normalized spacial score (nSPS) is 20.6. The van der Waals surface area contributed by atoms with E-state index < -0.39 is 5.92 Å². The highest BCUT2D eigenvalue weighted by Gasteiger charge is 2.42. The largest absolute Gasteiger partial charge is 0.497 e. The van der Waals surface area contributed by atoms with Crippen LogP contribution in [-0.2, 0) is 9.59 Å². The van der Waals surface area contributed by atoms with E-state index >= 15 is 0 Å². The Morgan fingerprint density at radius 1 is 1.48 bits per heavy atom. The average Bonchev–Trinajstić information content (AvgIpc) is 3.16. The Kier molecular flexibility index (Phi) is 4.29. The van der Waals surface area contributed by atoms with Gasteiger partial charge in [-0.2, -0.15) is 0 Å². The number of benzene rings is 1. The van der Waals surface area contributed by atoms with E-state index in [-0.39, 0.29) is 24.3 Å². The summed E-state index contributed by atoms with van der Waals surface area (Å²) in [5, 5.41) is 5.13. The summed E-state index contributed by atoms with van der Waals surface area (Å²) in [4.78, 5) is 30.4. The number of anilines is 1. The van der Waals surface area contributed by atoms with Gasteiger partial charge in [0.05, 0.1) is 19.1 Å². The molecule has 23 heavy (non-hydrogen) atoms. The molecule has 0 aliphatic carbocycles. The summed E-state index contributed by atoms with van der Waals surface area (Å²) < 4.78 is 5.25. The van der Waals surface area contributed by atoms with Crippen molar-refractivity contribution in [3.05, 3.63) is 41.4 Å². The standard InChI is InChI=1S/C16H17N3O3S/c1-19-13(20)9-12(15(21)18-16-17-6-7-23-16)14(19)10-4-3-5-11(8-10)22-2/h3-8,12,14H,9H2,1-2H3,(H,17,18,21)/t12-,14+/m1/s1. The Labute approximate surface area is 138 Å². The number of carbonyl (C=O) groups excluding carboxylic acids is 2. The van der Waals surface area contributed by atoms with Crippen LogP contribution in [0.4, 0.5) is 5.13 Å². The molecule has 2 aromatic rings. The lowest BCUT2D eigenvalue weighted by Gasteiger charge is -2.25. The predicted octanol–water partition coefficient (Wildman–Crippen LogP) is 2.31. The first kappa shape index (κ1) is 15.5. The van der Waals surface area contributed by atoms with Gasteiger partial charge in [0.2, 0.25) is 11.8 Å². The van der Waals surface area contributed by atoms with Crippen molar-refractivity contribution in [2.24, 2.45) is 5.92 Å². The second-order valence-corrected chi connectivity index (χ2v) is 6.26. The third kappa shape index (κ3) is 3.05. The Morgan fingerprint density at radius 3 is 3.00 bits per heavy atom. The van der Waals surface area contributed by atoms with E-state index in [0.29, 0.717) is 10.9 Å². The van der Waals surface area contributed by atoms with Crippen molar-refractivity contribution in [2.75, 3.05) is 19.5 Å². The van der Waals surface area contributed by atoms with E-state index in [9.17, 15) is 9.59 Å². The van der Waals surface area contributed by atoms with Crippen molar-refractivity contribution >= 4 is 28.3 Å². The first-order valence-electron chi connectivity index (χ1n) is 7.20. The van der Waals surface area contributed by atoms with Crippen LogP contribution in [0.2, 0.25) is 0 Å². The maximum absolute atomic E-state index is 12.6. The van der Waals surface area contributed by atoms with Crippen LogP contribution in [0, 0.1) is 5.92 Å². The lowest BCUT2D eigenvalue weighted by atomic mass is 9.93. The molecule has 0 saturated carbocycles. The highest BCUT2D eigenvalue weighted by molar-refractivity contribution is 7.13. The third-order valence-electron chi connectivity index (χ3n) is 4.02. The van der Waals surface area contributed by atoms with Crippen LogP contribution in [0.5, 0.6) is 5.75 Å². The molecule has 0 radical (unpaired) electrons. The van der Waals surface area contributed by atoms with E-state index in [2.05, 4.69) is 10.3 Å². The van der Waals surface area contributed by atoms with Gasteiger partial charge in [-0.1, -0.05) is 12.1 Å². The van der Waals surface area contributed by atoms with Crippen LogP contribution < -0.4 is 10.1 Å². The summed E-state index contributed by atoms with van der Waals surface area (Å²) in [6.45, 7) is 0. The van der Waals surface area contributed by atoms with E-state index in [4.69, 9.17) is 4.74 Å². The smallest absolute Gasteiger partial charge is 0.232 e. The lowest BCUT2D eigenvalue weighted by Crippen LogP contribution is -2.30. The summed E-state index contributed by atoms with van der Waals surface area (Å²) in [5.41, 5.74) is 0.886. The fourth-order valence-electron chi connectivity index (χ4n) is 2.87. The Morgan fingerprint density at radius 2 is 2.30 bits per heavy atom. The van der Waals surface area contributed by atoms with Gasteiger partial charge in [0.25, 0.3) is 0 Å². The topological polar surface area (TPSA) is 71.5 Å². The van der Waals surface area contributed by atoms with Gasteiger partial charge < -0.3 is 15.0 Å². The van der Waals surface area contributed by atoms with Crippen LogP contribution in [0.25, 0.3) is 0 Å². The summed E-state index contributed by atoms with van der Waals surface area (Å²) in [6, 6.07) is 7.17. The molecule has 2 atom stereocenters. The molecular formula is C16H17N3O3S. The minimum atomic E-state index is -0.455. The molecule has 0 unspecified atom stereocenters. The number of nitrogens with one attached hydrogen (secondary N) is 1. The number of rotatable bonds is 4. The van der Waals surface area contributed by atoms with Crippen LogP contribution in [0.15, 0.2) is 35.8 Å². The molecule has 0 spiro atoms. The van der Waals surface area contributed by atoms with Gasteiger partial charge in [0.15, 0.2) is 5.13 Å². The molecule has 0 bridgehead atoms. The highest BCUT2D eigenvalue weighted by Crippen LogP contribution is 2.38. The first-order valence-corrected chi connectivity index (χ1v) is 8.08. The van der Waals surface area contributed by atoms with Crippen LogP contribution >= 0.6 is 11.3 Å². The van der Waals surface area contributed by atoms with Crippen LogP contribution in [0.3, 0.4) is 0 Å². The quantitative estimate of drug-likeness (QED) is 0.933. The summed E-state index contributed by atoms with van der Waals surface area (Å²) in [7, 11) is 3.32. The summed E-state index contributed by atoms with van der Waals surface area (Å²) >= 11 is 1.35. The molecule has 2 amide bonds.